The van der Waals surface area contributed by atoms with Crippen LogP contribution in [0.2, 0.25) is 0 Å². The number of unbranched alkanes of at least 4 members (excludes halogenated alkanes) is 13. The Kier molecular flexibility index (Phi) is 40.7. The molecule has 10 heteroatoms. The Labute approximate surface area is 347 Å². The highest BCUT2D eigenvalue weighted by atomic mass is 31.2. The Morgan fingerprint density at radius 1 is 0.544 bits per heavy atom. The molecule has 326 valence electrons. The van der Waals surface area contributed by atoms with Crippen LogP contribution in [0.25, 0.3) is 0 Å². The molecular weight excluding hydrogens is 737 g/mol. The van der Waals surface area contributed by atoms with Crippen molar-refractivity contribution in [3.05, 3.63) is 85.1 Å². The average Bonchev–Trinajstić information content (AvgIpc) is 3.20. The van der Waals surface area contributed by atoms with Gasteiger partial charge in [-0.25, -0.2) is 4.57 Å². The Morgan fingerprint density at radius 3 is 1.44 bits per heavy atom. The van der Waals surface area contributed by atoms with Gasteiger partial charge in [0, 0.05) is 19.4 Å². The van der Waals surface area contributed by atoms with Gasteiger partial charge in [-0.2, -0.15) is 0 Å². The minimum atomic E-state index is -4.38. The highest BCUT2D eigenvalue weighted by molar-refractivity contribution is 7.47. The normalized spacial score (nSPS) is 14.1. The molecule has 0 aliphatic heterocycles. The molecule has 0 fully saturated rings. The minimum Gasteiger partial charge on any atom is -0.462 e. The standard InChI is InChI=1S/C47H80NO8P/c1-3-5-7-9-11-13-14-15-16-17-18-19-20-21-22-23-24-25-26-27-28-29-30-32-34-36-38-40-47(50)56-45(44-55-57(51,52)54-42-41-48)43-53-46(49)39-37-35-33-31-12-10-8-6-4-2/h5,7,11,13,15-16,18-19,21-22,24-25,27-28,45H,3-4,6,8-10,12,14,17,20,23,26,29-44,48H2,1-2H3,(H,51,52)/b7-5-,13-11-,16-15-,19-18-,22-21-,25-24-,28-27-. The first-order valence-electron chi connectivity index (χ1n) is 22.1. The van der Waals surface area contributed by atoms with E-state index in [0.717, 1.165) is 96.3 Å². The summed E-state index contributed by atoms with van der Waals surface area (Å²) in [6, 6.07) is 0. The van der Waals surface area contributed by atoms with Crippen LogP contribution in [0.3, 0.4) is 0 Å². The second-order valence-corrected chi connectivity index (χ2v) is 15.6. The van der Waals surface area contributed by atoms with Gasteiger partial charge in [-0.05, 0) is 70.6 Å². The molecule has 0 aliphatic rings. The molecule has 0 heterocycles. The zero-order valence-corrected chi connectivity index (χ0v) is 36.7. The molecule has 0 bridgehead atoms. The van der Waals surface area contributed by atoms with Crippen molar-refractivity contribution < 1.29 is 37.6 Å². The van der Waals surface area contributed by atoms with Crippen LogP contribution in [0.15, 0.2) is 85.1 Å². The Balaban J connectivity index is 4.13. The number of nitrogens with two attached hydrogens (primary N) is 1. The number of allylic oxidation sites excluding steroid dienone is 14. The van der Waals surface area contributed by atoms with Gasteiger partial charge in [0.15, 0.2) is 6.10 Å². The summed E-state index contributed by atoms with van der Waals surface area (Å²) in [5.74, 6) is -0.860. The predicted octanol–water partition coefficient (Wildman–Crippen LogP) is 12.8. The monoisotopic (exact) mass is 818 g/mol. The third-order valence-corrected chi connectivity index (χ3v) is 9.78. The Morgan fingerprint density at radius 2 is 0.965 bits per heavy atom. The van der Waals surface area contributed by atoms with Gasteiger partial charge in [0.2, 0.25) is 0 Å². The molecule has 0 spiro atoms. The smallest absolute Gasteiger partial charge is 0.462 e. The summed E-state index contributed by atoms with van der Waals surface area (Å²) >= 11 is 0. The van der Waals surface area contributed by atoms with Crippen LogP contribution < -0.4 is 5.73 Å². The average molecular weight is 818 g/mol. The summed E-state index contributed by atoms with van der Waals surface area (Å²) in [6.45, 7) is 3.55. The molecule has 0 saturated carbocycles. The third-order valence-electron chi connectivity index (χ3n) is 8.80. The zero-order chi connectivity index (χ0) is 41.8. The number of rotatable bonds is 40. The second kappa shape index (κ2) is 42.8. The van der Waals surface area contributed by atoms with Gasteiger partial charge < -0.3 is 20.1 Å². The van der Waals surface area contributed by atoms with Gasteiger partial charge in [0.25, 0.3) is 0 Å². The fraction of sp³-hybridized carbons (Fsp3) is 0.660. The Bertz CT molecular complexity index is 1210. The largest absolute Gasteiger partial charge is 0.472 e. The van der Waals surface area contributed by atoms with Crippen molar-refractivity contribution in [2.75, 3.05) is 26.4 Å². The van der Waals surface area contributed by atoms with E-state index < -0.39 is 32.5 Å². The first-order chi connectivity index (χ1) is 27.8. The lowest BCUT2D eigenvalue weighted by molar-refractivity contribution is -0.161. The molecule has 9 nitrogen and oxygen atoms in total. The molecular formula is C47H80NO8P. The number of hydrogen-bond donors (Lipinski definition) is 2. The fourth-order valence-corrected chi connectivity index (χ4v) is 6.32. The number of phosphoric ester groups is 1. The molecule has 57 heavy (non-hydrogen) atoms. The lowest BCUT2D eigenvalue weighted by Gasteiger charge is -2.19. The van der Waals surface area contributed by atoms with Crippen LogP contribution in [0.4, 0.5) is 0 Å². The van der Waals surface area contributed by atoms with E-state index in [1.54, 1.807) is 0 Å². The van der Waals surface area contributed by atoms with E-state index in [1.807, 2.05) is 0 Å². The topological polar surface area (TPSA) is 134 Å². The third kappa shape index (κ3) is 42.6. The molecule has 0 saturated heterocycles. The number of esters is 2. The van der Waals surface area contributed by atoms with Crippen molar-refractivity contribution in [3.63, 3.8) is 0 Å². The first kappa shape index (κ1) is 54.2. The van der Waals surface area contributed by atoms with Crippen molar-refractivity contribution in [2.24, 2.45) is 5.73 Å². The maximum atomic E-state index is 12.6. The van der Waals surface area contributed by atoms with Crippen LogP contribution in [-0.4, -0.2) is 49.3 Å². The van der Waals surface area contributed by atoms with Crippen LogP contribution >= 0.6 is 7.82 Å². The van der Waals surface area contributed by atoms with E-state index >= 15 is 0 Å². The lowest BCUT2D eigenvalue weighted by Crippen LogP contribution is -2.29. The highest BCUT2D eigenvalue weighted by Gasteiger charge is 2.26. The van der Waals surface area contributed by atoms with Gasteiger partial charge >= 0.3 is 19.8 Å². The zero-order valence-electron chi connectivity index (χ0n) is 35.8. The van der Waals surface area contributed by atoms with E-state index in [4.69, 9.17) is 24.3 Å². The molecule has 2 unspecified atom stereocenters. The maximum absolute atomic E-state index is 12.6. The molecule has 0 radical (unpaired) electrons. The number of carbonyl (C=O) groups excluding carboxylic acids is 2. The van der Waals surface area contributed by atoms with Crippen LogP contribution in [0.1, 0.15) is 168 Å². The number of phosphoric acid groups is 1. The Hall–Kier alpha value is -2.81. The fourth-order valence-electron chi connectivity index (χ4n) is 5.55. The van der Waals surface area contributed by atoms with Gasteiger partial charge in [0.1, 0.15) is 6.61 Å². The maximum Gasteiger partial charge on any atom is 0.472 e. The number of carbonyl (C=O) groups is 2. The van der Waals surface area contributed by atoms with Gasteiger partial charge in [-0.1, -0.05) is 170 Å². The summed E-state index contributed by atoms with van der Waals surface area (Å²) in [4.78, 5) is 34.8. The van der Waals surface area contributed by atoms with Crippen molar-refractivity contribution >= 4 is 19.8 Å². The van der Waals surface area contributed by atoms with Gasteiger partial charge in [0.05, 0.1) is 13.2 Å². The van der Waals surface area contributed by atoms with Crippen LogP contribution in [-0.2, 0) is 32.7 Å². The van der Waals surface area contributed by atoms with E-state index in [-0.39, 0.29) is 32.6 Å². The minimum absolute atomic E-state index is 0.0462. The van der Waals surface area contributed by atoms with Crippen molar-refractivity contribution in [2.45, 2.75) is 174 Å². The second-order valence-electron chi connectivity index (χ2n) is 14.2. The lowest BCUT2D eigenvalue weighted by atomic mass is 10.1. The molecule has 0 amide bonds. The molecule has 3 N–H and O–H groups in total. The molecule has 0 aliphatic carbocycles. The van der Waals surface area contributed by atoms with Gasteiger partial charge in [-0.3, -0.25) is 18.6 Å². The van der Waals surface area contributed by atoms with Crippen LogP contribution in [0.5, 0.6) is 0 Å². The molecule has 0 aromatic rings. The molecule has 0 aromatic carbocycles. The molecule has 0 rings (SSSR count). The predicted molar refractivity (Wildman–Crippen MR) is 238 cm³/mol. The highest BCUT2D eigenvalue weighted by Crippen LogP contribution is 2.43. The molecule has 2 atom stereocenters. The summed E-state index contributed by atoms with van der Waals surface area (Å²) in [6.07, 6.45) is 53.4. The summed E-state index contributed by atoms with van der Waals surface area (Å²) in [5, 5.41) is 0. The first-order valence-corrected chi connectivity index (χ1v) is 23.6. The molecule has 0 aromatic heterocycles. The quantitative estimate of drug-likeness (QED) is 0.0268. The van der Waals surface area contributed by atoms with Crippen molar-refractivity contribution in [1.29, 1.82) is 0 Å². The SMILES string of the molecule is CC/C=C\C/C=C\C/C=C\C/C=C\C/C=C\C/C=C\C/C=C\CCCCCCCC(=O)OC(COC(=O)CCCCCCCCCCC)COP(=O)(O)OCCN. The number of hydrogen-bond acceptors (Lipinski definition) is 8. The van der Waals surface area contributed by atoms with E-state index in [2.05, 4.69) is 98.9 Å². The van der Waals surface area contributed by atoms with E-state index in [0.29, 0.717) is 6.42 Å². The summed E-state index contributed by atoms with van der Waals surface area (Å²) < 4.78 is 32.7. The van der Waals surface area contributed by atoms with Crippen molar-refractivity contribution in [3.8, 4) is 0 Å². The van der Waals surface area contributed by atoms with Gasteiger partial charge in [-0.15, -0.1) is 0 Å². The van der Waals surface area contributed by atoms with Crippen molar-refractivity contribution in [1.82, 2.24) is 0 Å². The van der Waals surface area contributed by atoms with E-state index in [9.17, 15) is 19.0 Å². The van der Waals surface area contributed by atoms with Crippen LogP contribution in [0, 0.1) is 0 Å². The van der Waals surface area contributed by atoms with E-state index in [1.165, 1.54) is 38.5 Å². The number of ether oxygens (including phenoxy) is 2. The summed E-state index contributed by atoms with van der Waals surface area (Å²) in [7, 11) is -4.38. The summed E-state index contributed by atoms with van der Waals surface area (Å²) in [5.41, 5.74) is 5.34.